The Hall–Kier alpha value is -3.00. The van der Waals surface area contributed by atoms with Gasteiger partial charge >= 0.3 is 6.18 Å². The summed E-state index contributed by atoms with van der Waals surface area (Å²) in [6, 6.07) is 10.1. The van der Waals surface area contributed by atoms with E-state index in [4.69, 9.17) is 11.6 Å². The number of benzene rings is 1. The van der Waals surface area contributed by atoms with Crippen LogP contribution < -0.4 is 5.32 Å². The second-order valence-corrected chi connectivity index (χ2v) is 8.45. The van der Waals surface area contributed by atoms with E-state index in [0.717, 1.165) is 12.1 Å². The predicted molar refractivity (Wildman–Crippen MR) is 120 cm³/mol. The molecule has 0 aliphatic carbocycles. The minimum absolute atomic E-state index is 0.0257. The van der Waals surface area contributed by atoms with Crippen molar-refractivity contribution < 1.29 is 18.0 Å². The molecule has 1 atom stereocenters. The number of carbonyl (C=O) groups excluding carboxylic acids is 1. The number of amides is 1. The molecule has 3 aromatic rings. The van der Waals surface area contributed by atoms with Crippen molar-refractivity contribution in [2.45, 2.75) is 39.9 Å². The van der Waals surface area contributed by atoms with E-state index in [1.165, 1.54) is 12.1 Å². The van der Waals surface area contributed by atoms with Crippen LogP contribution in [0.1, 0.15) is 36.4 Å². The fourth-order valence-electron chi connectivity index (χ4n) is 3.33. The summed E-state index contributed by atoms with van der Waals surface area (Å²) in [7, 11) is 0. The third kappa shape index (κ3) is 6.28. The molecular formula is C24H24ClF3N4O. The van der Waals surface area contributed by atoms with Gasteiger partial charge in [0.15, 0.2) is 5.82 Å². The first kappa shape index (κ1) is 24.6. The van der Waals surface area contributed by atoms with Crippen molar-refractivity contribution >= 4 is 17.5 Å². The number of alkyl halides is 3. The fourth-order valence-corrected chi connectivity index (χ4v) is 3.50. The third-order valence-corrected chi connectivity index (χ3v) is 5.77. The lowest BCUT2D eigenvalue weighted by atomic mass is 9.90. The number of aryl methyl sites for hydroxylation is 1. The summed E-state index contributed by atoms with van der Waals surface area (Å²) in [6.07, 6.45) is -2.46. The number of aromatic nitrogens is 3. The highest BCUT2D eigenvalue weighted by molar-refractivity contribution is 6.31. The van der Waals surface area contributed by atoms with Gasteiger partial charge in [-0.05, 0) is 42.7 Å². The molecule has 9 heteroatoms. The average molecular weight is 477 g/mol. The van der Waals surface area contributed by atoms with Crippen LogP contribution in [0.15, 0.2) is 48.7 Å². The van der Waals surface area contributed by atoms with Gasteiger partial charge < -0.3 is 5.32 Å². The summed E-state index contributed by atoms with van der Waals surface area (Å²) in [5, 5.41) is 3.22. The number of halogens is 4. The van der Waals surface area contributed by atoms with Crippen LogP contribution in [0.3, 0.4) is 0 Å². The van der Waals surface area contributed by atoms with Crippen LogP contribution in [0.25, 0.3) is 11.5 Å². The molecule has 0 aliphatic heterocycles. The van der Waals surface area contributed by atoms with Gasteiger partial charge in [0.1, 0.15) is 5.69 Å². The smallest absolute Gasteiger partial charge is 0.352 e. The molecule has 5 nitrogen and oxygen atoms in total. The van der Waals surface area contributed by atoms with E-state index in [0.29, 0.717) is 39.9 Å². The second-order valence-electron chi connectivity index (χ2n) is 8.08. The quantitative estimate of drug-likeness (QED) is 0.478. The Morgan fingerprint density at radius 3 is 2.36 bits per heavy atom. The van der Waals surface area contributed by atoms with Gasteiger partial charge in [-0.1, -0.05) is 43.6 Å². The summed E-state index contributed by atoms with van der Waals surface area (Å²) in [4.78, 5) is 26.2. The summed E-state index contributed by atoms with van der Waals surface area (Å²) >= 11 is 6.46. The maximum atomic E-state index is 12.9. The maximum Gasteiger partial charge on any atom is 0.416 e. The lowest BCUT2D eigenvalue weighted by Crippen LogP contribution is -2.34. The summed E-state index contributed by atoms with van der Waals surface area (Å²) in [6.45, 7) is 5.74. The van der Waals surface area contributed by atoms with Gasteiger partial charge in [0.05, 0.1) is 22.0 Å². The normalized spacial score (nSPS) is 12.6. The van der Waals surface area contributed by atoms with Crippen molar-refractivity contribution in [3.63, 3.8) is 0 Å². The highest BCUT2D eigenvalue weighted by Crippen LogP contribution is 2.29. The molecule has 3 rings (SSSR count). The minimum Gasteiger partial charge on any atom is -0.352 e. The van der Waals surface area contributed by atoms with E-state index in [1.807, 2.05) is 19.9 Å². The van der Waals surface area contributed by atoms with Crippen LogP contribution in [0.4, 0.5) is 13.2 Å². The van der Waals surface area contributed by atoms with Crippen molar-refractivity contribution in [3.8, 4) is 11.5 Å². The minimum atomic E-state index is -4.40. The zero-order valence-electron chi connectivity index (χ0n) is 18.4. The van der Waals surface area contributed by atoms with E-state index < -0.39 is 17.7 Å². The standard InChI is InChI=1S/C24H24ClF3N4O/c1-14(2)18(23(33)30-13-16-7-9-17(10-8-16)24(26,27)28)12-20-21(25)15(3)31-22(32-20)19-6-4-5-11-29-19/h4-11,14,18H,12-13H2,1-3H3,(H,30,33). The van der Waals surface area contributed by atoms with Crippen LogP contribution >= 0.6 is 11.6 Å². The Morgan fingerprint density at radius 2 is 1.79 bits per heavy atom. The van der Waals surface area contributed by atoms with Crippen LogP contribution in [0.5, 0.6) is 0 Å². The second kappa shape index (κ2) is 10.3. The van der Waals surface area contributed by atoms with Crippen molar-refractivity contribution in [1.82, 2.24) is 20.3 Å². The van der Waals surface area contributed by atoms with Gasteiger partial charge in [0, 0.05) is 25.1 Å². The van der Waals surface area contributed by atoms with E-state index in [-0.39, 0.29) is 18.4 Å². The Balaban J connectivity index is 1.75. The predicted octanol–water partition coefficient (Wildman–Crippen LogP) is 5.65. The highest BCUT2D eigenvalue weighted by Gasteiger charge is 2.30. The zero-order valence-corrected chi connectivity index (χ0v) is 19.2. The Bertz CT molecular complexity index is 1100. The van der Waals surface area contributed by atoms with Crippen LogP contribution in [0.2, 0.25) is 5.02 Å². The molecule has 2 heterocycles. The van der Waals surface area contributed by atoms with Gasteiger partial charge in [-0.25, -0.2) is 9.97 Å². The topological polar surface area (TPSA) is 67.8 Å². The summed E-state index contributed by atoms with van der Waals surface area (Å²) < 4.78 is 38.2. The van der Waals surface area contributed by atoms with Gasteiger partial charge in [-0.2, -0.15) is 13.2 Å². The fraction of sp³-hybridized carbons (Fsp3) is 0.333. The summed E-state index contributed by atoms with van der Waals surface area (Å²) in [5.74, 6) is -0.262. The Labute approximate surface area is 195 Å². The molecule has 0 fully saturated rings. The van der Waals surface area contributed by atoms with Gasteiger partial charge in [0.25, 0.3) is 0 Å². The first-order chi connectivity index (χ1) is 15.6. The molecule has 0 aliphatic rings. The molecule has 1 N–H and O–H groups in total. The number of pyridine rings is 1. The Kier molecular flexibility index (Phi) is 7.68. The molecule has 1 unspecified atom stereocenters. The number of nitrogens with zero attached hydrogens (tertiary/aromatic N) is 3. The first-order valence-corrected chi connectivity index (χ1v) is 10.8. The van der Waals surface area contributed by atoms with Crippen LogP contribution in [0, 0.1) is 18.8 Å². The van der Waals surface area contributed by atoms with E-state index >= 15 is 0 Å². The molecule has 1 aromatic carbocycles. The van der Waals surface area contributed by atoms with Gasteiger partial charge in [-0.15, -0.1) is 0 Å². The van der Waals surface area contributed by atoms with Crippen LogP contribution in [-0.4, -0.2) is 20.9 Å². The van der Waals surface area contributed by atoms with E-state index in [2.05, 4.69) is 20.3 Å². The largest absolute Gasteiger partial charge is 0.416 e. The number of hydrogen-bond donors (Lipinski definition) is 1. The molecule has 1 amide bonds. The molecule has 0 spiro atoms. The molecule has 0 bridgehead atoms. The third-order valence-electron chi connectivity index (χ3n) is 5.28. The monoisotopic (exact) mass is 476 g/mol. The molecule has 174 valence electrons. The van der Waals surface area contributed by atoms with E-state index in [1.54, 1.807) is 25.3 Å². The van der Waals surface area contributed by atoms with Crippen molar-refractivity contribution in [2.75, 3.05) is 0 Å². The number of nitrogens with one attached hydrogen (secondary N) is 1. The molecule has 33 heavy (non-hydrogen) atoms. The molecule has 2 aromatic heterocycles. The molecule has 0 radical (unpaired) electrons. The lowest BCUT2D eigenvalue weighted by molar-refractivity contribution is -0.137. The van der Waals surface area contributed by atoms with Crippen LogP contribution in [-0.2, 0) is 23.9 Å². The van der Waals surface area contributed by atoms with Crippen molar-refractivity contribution in [2.24, 2.45) is 11.8 Å². The Morgan fingerprint density at radius 1 is 1.09 bits per heavy atom. The van der Waals surface area contributed by atoms with Gasteiger partial charge in [-0.3, -0.25) is 9.78 Å². The number of rotatable bonds is 7. The number of carbonyl (C=O) groups is 1. The average Bonchev–Trinajstić information content (AvgIpc) is 2.78. The molecular weight excluding hydrogens is 453 g/mol. The highest BCUT2D eigenvalue weighted by atomic mass is 35.5. The van der Waals surface area contributed by atoms with Crippen molar-refractivity contribution in [3.05, 3.63) is 76.2 Å². The summed E-state index contributed by atoms with van der Waals surface area (Å²) in [5.41, 5.74) is 1.59. The van der Waals surface area contributed by atoms with Crippen molar-refractivity contribution in [1.29, 1.82) is 0 Å². The molecule has 0 saturated carbocycles. The lowest BCUT2D eigenvalue weighted by Gasteiger charge is -2.21. The zero-order chi connectivity index (χ0) is 24.2. The van der Waals surface area contributed by atoms with E-state index in [9.17, 15) is 18.0 Å². The van der Waals surface area contributed by atoms with Gasteiger partial charge in [0.2, 0.25) is 5.91 Å². The molecule has 0 saturated heterocycles. The maximum absolute atomic E-state index is 12.9. The first-order valence-electron chi connectivity index (χ1n) is 10.4. The SMILES string of the molecule is Cc1nc(-c2ccccn2)nc(CC(C(=O)NCc2ccc(C(F)(F)F)cc2)C(C)C)c1Cl. The number of hydrogen-bond acceptors (Lipinski definition) is 4.